The predicted octanol–water partition coefficient (Wildman–Crippen LogP) is 2.81. The monoisotopic (exact) mass is 263 g/mol. The molecule has 0 radical (unpaired) electrons. The molecule has 3 N–H and O–H groups in total. The second-order valence-electron chi connectivity index (χ2n) is 4.29. The number of hydrazine groups is 1. The van der Waals surface area contributed by atoms with Crippen LogP contribution in [0.25, 0.3) is 0 Å². The molecule has 0 aliphatic heterocycles. The zero-order chi connectivity index (χ0) is 13.9. The zero-order valence-electron chi connectivity index (χ0n) is 10.4. The van der Waals surface area contributed by atoms with E-state index in [4.69, 9.17) is 10.6 Å². The fourth-order valence-electron chi connectivity index (χ4n) is 1.13. The minimum atomic E-state index is -4.46. The van der Waals surface area contributed by atoms with Crippen LogP contribution in [0.15, 0.2) is 12.1 Å². The number of rotatable bonds is 4. The highest BCUT2D eigenvalue weighted by atomic mass is 19.4. The van der Waals surface area contributed by atoms with Gasteiger partial charge in [-0.05, 0) is 18.9 Å². The van der Waals surface area contributed by atoms with E-state index in [1.165, 1.54) is 0 Å². The van der Waals surface area contributed by atoms with E-state index in [9.17, 15) is 13.2 Å². The van der Waals surface area contributed by atoms with Gasteiger partial charge in [-0.3, -0.25) is 0 Å². The van der Waals surface area contributed by atoms with Gasteiger partial charge >= 0.3 is 6.18 Å². The Morgan fingerprint density at radius 3 is 2.33 bits per heavy atom. The summed E-state index contributed by atoms with van der Waals surface area (Å²) in [5.74, 6) is 5.06. The molecule has 0 saturated heterocycles. The summed E-state index contributed by atoms with van der Waals surface area (Å²) in [5.41, 5.74) is 1.24. The number of hydrogen-bond donors (Lipinski definition) is 2. The molecule has 0 aromatic carbocycles. The first-order valence-corrected chi connectivity index (χ1v) is 5.46. The van der Waals surface area contributed by atoms with Gasteiger partial charge in [0.25, 0.3) is 0 Å². The zero-order valence-corrected chi connectivity index (χ0v) is 10.4. The van der Waals surface area contributed by atoms with Gasteiger partial charge in [0.2, 0.25) is 5.88 Å². The van der Waals surface area contributed by atoms with Crippen molar-refractivity contribution in [2.24, 2.45) is 11.8 Å². The van der Waals surface area contributed by atoms with E-state index in [0.717, 1.165) is 12.1 Å². The molecule has 4 nitrogen and oxygen atoms in total. The summed E-state index contributed by atoms with van der Waals surface area (Å²) in [6, 6.07) is 1.69. The van der Waals surface area contributed by atoms with Gasteiger partial charge in [-0.1, -0.05) is 13.8 Å². The maximum absolute atomic E-state index is 12.6. The van der Waals surface area contributed by atoms with Crippen LogP contribution < -0.4 is 16.0 Å². The van der Waals surface area contributed by atoms with Crippen LogP contribution >= 0.6 is 0 Å². The minimum Gasteiger partial charge on any atom is -0.474 e. The van der Waals surface area contributed by atoms with Gasteiger partial charge in [0, 0.05) is 6.07 Å². The second kappa shape index (κ2) is 5.43. The first-order chi connectivity index (χ1) is 8.24. The Morgan fingerprint density at radius 1 is 1.28 bits per heavy atom. The number of halogens is 3. The van der Waals surface area contributed by atoms with E-state index in [1.807, 2.05) is 13.8 Å². The normalized spacial score (nSPS) is 13.6. The average Bonchev–Trinajstić information content (AvgIpc) is 2.27. The minimum absolute atomic E-state index is 0.0872. The molecule has 1 aromatic heterocycles. The van der Waals surface area contributed by atoms with Crippen LogP contribution in [0.5, 0.6) is 5.88 Å². The fraction of sp³-hybridized carbons (Fsp3) is 0.545. The van der Waals surface area contributed by atoms with Crippen LogP contribution in [0.3, 0.4) is 0 Å². The molecule has 0 amide bonds. The molecule has 1 atom stereocenters. The molecule has 0 spiro atoms. The number of nitrogens with zero attached hydrogens (tertiary/aromatic N) is 1. The molecule has 1 rings (SSSR count). The van der Waals surface area contributed by atoms with Crippen molar-refractivity contribution in [3.8, 4) is 5.88 Å². The highest BCUT2D eigenvalue weighted by Crippen LogP contribution is 2.32. The van der Waals surface area contributed by atoms with Crippen LogP contribution in [0.1, 0.15) is 26.3 Å². The summed E-state index contributed by atoms with van der Waals surface area (Å²) in [7, 11) is 0. The van der Waals surface area contributed by atoms with Gasteiger partial charge in [0.05, 0.1) is 11.7 Å². The highest BCUT2D eigenvalue weighted by Gasteiger charge is 2.32. The number of hydrogen-bond acceptors (Lipinski definition) is 4. The van der Waals surface area contributed by atoms with Crippen LogP contribution in [-0.2, 0) is 6.18 Å². The number of nitrogens with two attached hydrogens (primary N) is 1. The quantitative estimate of drug-likeness (QED) is 0.647. The van der Waals surface area contributed by atoms with Crippen molar-refractivity contribution in [2.75, 3.05) is 5.43 Å². The van der Waals surface area contributed by atoms with E-state index in [-0.39, 0.29) is 23.7 Å². The van der Waals surface area contributed by atoms with Gasteiger partial charge in [-0.15, -0.1) is 0 Å². The van der Waals surface area contributed by atoms with Crippen molar-refractivity contribution in [3.63, 3.8) is 0 Å². The van der Waals surface area contributed by atoms with Crippen molar-refractivity contribution >= 4 is 5.82 Å². The molecule has 1 heterocycles. The Kier molecular flexibility index (Phi) is 4.39. The van der Waals surface area contributed by atoms with Gasteiger partial charge in [-0.25, -0.2) is 5.84 Å². The van der Waals surface area contributed by atoms with Crippen molar-refractivity contribution in [1.82, 2.24) is 4.98 Å². The number of alkyl halides is 3. The van der Waals surface area contributed by atoms with Crippen LogP contribution in [0, 0.1) is 5.92 Å². The van der Waals surface area contributed by atoms with Crippen molar-refractivity contribution in [3.05, 3.63) is 17.7 Å². The summed E-state index contributed by atoms with van der Waals surface area (Å²) >= 11 is 0. The first-order valence-electron chi connectivity index (χ1n) is 5.46. The number of pyridine rings is 1. The Morgan fingerprint density at radius 2 is 1.89 bits per heavy atom. The van der Waals surface area contributed by atoms with Crippen LogP contribution in [0.2, 0.25) is 0 Å². The fourth-order valence-corrected chi connectivity index (χ4v) is 1.13. The Hall–Kier alpha value is -1.50. The lowest BCUT2D eigenvalue weighted by atomic mass is 10.1. The number of nitrogens with one attached hydrogen (secondary N) is 1. The number of anilines is 1. The Labute approximate surface area is 103 Å². The van der Waals surface area contributed by atoms with E-state index in [2.05, 4.69) is 10.4 Å². The Balaban J connectivity index is 3.05. The standard InChI is InChI=1S/C11H16F3N3O/c1-6(2)7(3)18-10-5-8(11(12,13)14)4-9(16-10)17-15/h4-7H,15H2,1-3H3,(H,16,17). The number of nitrogen functional groups attached to an aromatic ring is 1. The summed E-state index contributed by atoms with van der Waals surface area (Å²) in [5, 5.41) is 0. The SMILES string of the molecule is CC(C)C(C)Oc1cc(C(F)(F)F)cc(NN)n1. The molecular formula is C11H16F3N3O. The summed E-state index contributed by atoms with van der Waals surface area (Å²) < 4.78 is 43.2. The molecule has 0 aliphatic rings. The van der Waals surface area contributed by atoms with E-state index in [1.54, 1.807) is 6.92 Å². The lowest BCUT2D eigenvalue weighted by Gasteiger charge is -2.18. The molecular weight excluding hydrogens is 247 g/mol. The third-order valence-corrected chi connectivity index (χ3v) is 2.52. The predicted molar refractivity (Wildman–Crippen MR) is 62.0 cm³/mol. The molecule has 1 aromatic rings. The first kappa shape index (κ1) is 14.6. The smallest absolute Gasteiger partial charge is 0.416 e. The highest BCUT2D eigenvalue weighted by molar-refractivity contribution is 5.41. The van der Waals surface area contributed by atoms with Crippen molar-refractivity contribution in [2.45, 2.75) is 33.1 Å². The van der Waals surface area contributed by atoms with Gasteiger partial charge in [0.1, 0.15) is 5.82 Å². The Bertz CT molecular complexity index is 407. The maximum Gasteiger partial charge on any atom is 0.416 e. The van der Waals surface area contributed by atoms with Crippen LogP contribution in [0.4, 0.5) is 19.0 Å². The second-order valence-corrected chi connectivity index (χ2v) is 4.29. The van der Waals surface area contributed by atoms with E-state index < -0.39 is 11.7 Å². The lowest BCUT2D eigenvalue weighted by molar-refractivity contribution is -0.137. The molecule has 0 bridgehead atoms. The third-order valence-electron chi connectivity index (χ3n) is 2.52. The summed E-state index contributed by atoms with van der Waals surface area (Å²) in [6.45, 7) is 5.57. The molecule has 102 valence electrons. The lowest BCUT2D eigenvalue weighted by Crippen LogP contribution is -2.20. The van der Waals surface area contributed by atoms with E-state index >= 15 is 0 Å². The average molecular weight is 263 g/mol. The van der Waals surface area contributed by atoms with Gasteiger partial charge < -0.3 is 10.2 Å². The van der Waals surface area contributed by atoms with Crippen molar-refractivity contribution < 1.29 is 17.9 Å². The van der Waals surface area contributed by atoms with E-state index in [0.29, 0.717) is 0 Å². The topological polar surface area (TPSA) is 60.2 Å². The third kappa shape index (κ3) is 3.76. The van der Waals surface area contributed by atoms with Crippen molar-refractivity contribution in [1.29, 1.82) is 0 Å². The number of aromatic nitrogens is 1. The summed E-state index contributed by atoms with van der Waals surface area (Å²) in [6.07, 6.45) is -4.71. The molecule has 0 saturated carbocycles. The number of ether oxygens (including phenoxy) is 1. The summed E-state index contributed by atoms with van der Waals surface area (Å²) in [4.78, 5) is 3.83. The van der Waals surface area contributed by atoms with Crippen LogP contribution in [-0.4, -0.2) is 11.1 Å². The molecule has 1 unspecified atom stereocenters. The molecule has 18 heavy (non-hydrogen) atoms. The molecule has 7 heteroatoms. The maximum atomic E-state index is 12.6. The largest absolute Gasteiger partial charge is 0.474 e. The molecule has 0 aliphatic carbocycles. The van der Waals surface area contributed by atoms with Gasteiger partial charge in [0.15, 0.2) is 0 Å². The van der Waals surface area contributed by atoms with Gasteiger partial charge in [-0.2, -0.15) is 18.2 Å². The molecule has 0 fully saturated rings.